The van der Waals surface area contributed by atoms with Crippen molar-refractivity contribution in [1.82, 2.24) is 0 Å². The van der Waals surface area contributed by atoms with Crippen molar-refractivity contribution in [1.29, 1.82) is 0 Å². The van der Waals surface area contributed by atoms with Gasteiger partial charge in [0.05, 0.1) is 18.4 Å². The van der Waals surface area contributed by atoms with E-state index in [1.54, 1.807) is 0 Å². The van der Waals surface area contributed by atoms with Crippen molar-refractivity contribution in [2.45, 2.75) is 18.9 Å². The molecule has 1 atom stereocenters. The van der Waals surface area contributed by atoms with Crippen molar-refractivity contribution in [2.24, 2.45) is 0 Å². The lowest BCUT2D eigenvalue weighted by molar-refractivity contribution is 0.164. The van der Waals surface area contributed by atoms with Crippen LogP contribution >= 0.6 is 15.9 Å². The lowest BCUT2D eigenvalue weighted by Gasteiger charge is -2.20. The molecule has 2 rings (SSSR count). The number of hydrogen-bond donors (Lipinski definition) is 1. The second-order valence-electron chi connectivity index (χ2n) is 3.85. The molecule has 0 amide bonds. The zero-order chi connectivity index (χ0) is 12.4. The molecule has 1 aromatic rings. The van der Waals surface area contributed by atoms with E-state index in [1.807, 2.05) is 0 Å². The van der Waals surface area contributed by atoms with E-state index in [0.717, 1.165) is 18.6 Å². The maximum Gasteiger partial charge on any atom is 0.133 e. The van der Waals surface area contributed by atoms with E-state index < -0.39 is 17.7 Å². The highest BCUT2D eigenvalue weighted by molar-refractivity contribution is 9.10. The lowest BCUT2D eigenvalue weighted by Crippen LogP contribution is -2.11. The fourth-order valence-electron chi connectivity index (χ4n) is 1.79. The zero-order valence-corrected chi connectivity index (χ0v) is 10.5. The fourth-order valence-corrected chi connectivity index (χ4v) is 2.19. The summed E-state index contributed by atoms with van der Waals surface area (Å²) >= 11 is 2.99. The summed E-state index contributed by atoms with van der Waals surface area (Å²) in [6, 6.07) is 2.26. The summed E-state index contributed by atoms with van der Waals surface area (Å²) in [5.74, 6) is -1.54. The van der Waals surface area contributed by atoms with E-state index in [-0.39, 0.29) is 5.56 Å². The van der Waals surface area contributed by atoms with Crippen LogP contribution in [0.4, 0.5) is 8.78 Å². The summed E-state index contributed by atoms with van der Waals surface area (Å²) in [6.07, 6.45) is 1.41. The minimum absolute atomic E-state index is 0.303. The van der Waals surface area contributed by atoms with Gasteiger partial charge in [-0.1, -0.05) is 15.9 Å². The summed E-state index contributed by atoms with van der Waals surface area (Å²) in [5, 5.41) is 9.95. The van der Waals surface area contributed by atoms with Crippen molar-refractivity contribution in [3.63, 3.8) is 0 Å². The van der Waals surface area contributed by atoms with Gasteiger partial charge in [-0.2, -0.15) is 0 Å². The Labute approximate surface area is 106 Å². The highest BCUT2D eigenvalue weighted by atomic mass is 79.9. The second-order valence-corrected chi connectivity index (χ2v) is 4.77. The Bertz CT molecular complexity index is 437. The normalized spacial score (nSPS) is 17.3. The van der Waals surface area contributed by atoms with Crippen molar-refractivity contribution in [3.05, 3.63) is 45.6 Å². The van der Waals surface area contributed by atoms with Gasteiger partial charge in [-0.15, -0.1) is 0 Å². The van der Waals surface area contributed by atoms with Gasteiger partial charge in [-0.05, 0) is 30.5 Å². The summed E-state index contributed by atoms with van der Waals surface area (Å²) in [4.78, 5) is 0. The Morgan fingerprint density at radius 3 is 2.47 bits per heavy atom. The molecule has 2 nitrogen and oxygen atoms in total. The molecule has 1 aromatic carbocycles. The van der Waals surface area contributed by atoms with Crippen molar-refractivity contribution < 1.29 is 18.6 Å². The van der Waals surface area contributed by atoms with Gasteiger partial charge in [0.25, 0.3) is 0 Å². The third-order valence-electron chi connectivity index (χ3n) is 2.63. The molecule has 0 fully saturated rings. The molecule has 92 valence electrons. The predicted octanol–water partition coefficient (Wildman–Crippen LogP) is 3.46. The largest absolute Gasteiger partial charge is 0.501 e. The number of aliphatic hydroxyl groups excluding tert-OH is 1. The van der Waals surface area contributed by atoms with E-state index in [4.69, 9.17) is 4.74 Å². The average Bonchev–Trinajstić information content (AvgIpc) is 2.28. The molecule has 17 heavy (non-hydrogen) atoms. The molecule has 0 bridgehead atoms. The SMILES string of the molecule is OC(C1=COCCC1)c1c(F)cc(Br)cc1F. The van der Waals surface area contributed by atoms with Crippen LogP contribution in [0.15, 0.2) is 28.4 Å². The third-order valence-corrected chi connectivity index (χ3v) is 3.09. The van der Waals surface area contributed by atoms with E-state index >= 15 is 0 Å². The van der Waals surface area contributed by atoms with Crippen LogP contribution in [0.2, 0.25) is 0 Å². The van der Waals surface area contributed by atoms with Crippen molar-refractivity contribution in [2.75, 3.05) is 6.61 Å². The number of ether oxygens (including phenoxy) is 1. The Morgan fingerprint density at radius 2 is 1.94 bits per heavy atom. The number of halogens is 3. The molecule has 0 spiro atoms. The van der Waals surface area contributed by atoms with Gasteiger partial charge >= 0.3 is 0 Å². The van der Waals surface area contributed by atoms with Gasteiger partial charge in [0.15, 0.2) is 0 Å². The molecule has 1 unspecified atom stereocenters. The molecule has 0 aliphatic carbocycles. The molecule has 1 aliphatic heterocycles. The Hall–Kier alpha value is -0.940. The predicted molar refractivity (Wildman–Crippen MR) is 62.3 cm³/mol. The first-order valence-electron chi connectivity index (χ1n) is 5.22. The molecule has 1 heterocycles. The van der Waals surface area contributed by atoms with E-state index in [0.29, 0.717) is 23.1 Å². The van der Waals surface area contributed by atoms with Gasteiger partial charge in [-0.25, -0.2) is 8.78 Å². The molecule has 1 aliphatic rings. The topological polar surface area (TPSA) is 29.5 Å². The Kier molecular flexibility index (Phi) is 3.79. The quantitative estimate of drug-likeness (QED) is 0.907. The zero-order valence-electron chi connectivity index (χ0n) is 8.92. The standard InChI is InChI=1S/C12H11BrF2O2/c13-8-4-9(14)11(10(15)5-8)12(16)7-2-1-3-17-6-7/h4-6,12,16H,1-3H2. The van der Waals surface area contributed by atoms with Crippen LogP contribution in [-0.2, 0) is 4.74 Å². The molecular weight excluding hydrogens is 294 g/mol. The molecule has 0 saturated carbocycles. The summed E-state index contributed by atoms with van der Waals surface area (Å²) < 4.78 is 32.6. The van der Waals surface area contributed by atoms with Crippen LogP contribution in [0, 0.1) is 11.6 Å². The Morgan fingerprint density at radius 1 is 1.29 bits per heavy atom. The van der Waals surface area contributed by atoms with Gasteiger partial charge in [0, 0.05) is 4.47 Å². The fraction of sp³-hybridized carbons (Fsp3) is 0.333. The summed E-state index contributed by atoms with van der Waals surface area (Å²) in [5.41, 5.74) is 0.168. The van der Waals surface area contributed by atoms with Crippen LogP contribution in [-0.4, -0.2) is 11.7 Å². The van der Waals surface area contributed by atoms with E-state index in [9.17, 15) is 13.9 Å². The number of hydrogen-bond acceptors (Lipinski definition) is 2. The first kappa shape index (κ1) is 12.5. The van der Waals surface area contributed by atoms with Crippen LogP contribution in [0.3, 0.4) is 0 Å². The van der Waals surface area contributed by atoms with Gasteiger partial charge < -0.3 is 9.84 Å². The number of rotatable bonds is 2. The minimum atomic E-state index is -1.29. The van der Waals surface area contributed by atoms with Crippen molar-refractivity contribution >= 4 is 15.9 Å². The molecule has 0 aromatic heterocycles. The van der Waals surface area contributed by atoms with Crippen LogP contribution in [0.25, 0.3) is 0 Å². The van der Waals surface area contributed by atoms with Crippen molar-refractivity contribution in [3.8, 4) is 0 Å². The van der Waals surface area contributed by atoms with Crippen LogP contribution < -0.4 is 0 Å². The summed E-state index contributed by atoms with van der Waals surface area (Å²) in [7, 11) is 0. The monoisotopic (exact) mass is 304 g/mol. The molecular formula is C12H11BrF2O2. The molecule has 5 heteroatoms. The van der Waals surface area contributed by atoms with Gasteiger partial charge in [0.2, 0.25) is 0 Å². The number of aliphatic hydroxyl groups is 1. The van der Waals surface area contributed by atoms with Gasteiger partial charge in [0.1, 0.15) is 17.7 Å². The maximum atomic E-state index is 13.6. The first-order chi connectivity index (χ1) is 8.09. The smallest absolute Gasteiger partial charge is 0.133 e. The highest BCUT2D eigenvalue weighted by Gasteiger charge is 2.23. The van der Waals surface area contributed by atoms with E-state index in [1.165, 1.54) is 6.26 Å². The van der Waals surface area contributed by atoms with Gasteiger partial charge in [-0.3, -0.25) is 0 Å². The third kappa shape index (κ3) is 2.66. The minimum Gasteiger partial charge on any atom is -0.501 e. The Balaban J connectivity index is 2.36. The number of benzene rings is 1. The maximum absolute atomic E-state index is 13.6. The molecule has 0 radical (unpaired) electrons. The molecule has 1 N–H and O–H groups in total. The lowest BCUT2D eigenvalue weighted by atomic mass is 9.97. The second kappa shape index (κ2) is 5.14. The summed E-state index contributed by atoms with van der Waals surface area (Å²) in [6.45, 7) is 0.571. The highest BCUT2D eigenvalue weighted by Crippen LogP contribution is 2.32. The average molecular weight is 305 g/mol. The van der Waals surface area contributed by atoms with E-state index in [2.05, 4.69) is 15.9 Å². The van der Waals surface area contributed by atoms with Crippen LogP contribution in [0.5, 0.6) is 0 Å². The molecule has 0 saturated heterocycles. The first-order valence-corrected chi connectivity index (χ1v) is 6.02. The van der Waals surface area contributed by atoms with Crippen LogP contribution in [0.1, 0.15) is 24.5 Å².